The van der Waals surface area contributed by atoms with E-state index in [0.29, 0.717) is 22.7 Å². The number of aromatic amines is 2. The number of hydrogen-bond donors (Lipinski definition) is 6. The minimum atomic E-state index is -1.39. The zero-order valence-electron chi connectivity index (χ0n) is 19.8. The van der Waals surface area contributed by atoms with Gasteiger partial charge in [0.1, 0.15) is 23.4 Å². The number of aromatic nitrogens is 3. The number of nitrogens with one attached hydrogen (secondary N) is 3. The van der Waals surface area contributed by atoms with Crippen LogP contribution in [-0.2, 0) is 28.9 Å². The third-order valence-electron chi connectivity index (χ3n) is 5.62. The van der Waals surface area contributed by atoms with E-state index in [0.717, 1.165) is 23.0 Å². The number of nitrogens with two attached hydrogens (primary N) is 1. The molecule has 198 valence electrons. The van der Waals surface area contributed by atoms with E-state index in [9.17, 15) is 29.0 Å². The van der Waals surface area contributed by atoms with E-state index in [1.807, 2.05) is 0 Å². The molecule has 0 saturated heterocycles. The quantitative estimate of drug-likeness (QED) is 0.167. The lowest BCUT2D eigenvalue weighted by atomic mass is 10.0. The number of halogens is 1. The van der Waals surface area contributed by atoms with Gasteiger partial charge in [0.2, 0.25) is 11.8 Å². The van der Waals surface area contributed by atoms with Crippen LogP contribution >= 0.6 is 11.3 Å². The molecule has 2 unspecified atom stereocenters. The molecule has 0 aliphatic heterocycles. The number of thiazole rings is 1. The molecule has 13 heteroatoms. The van der Waals surface area contributed by atoms with Crippen LogP contribution in [0.25, 0.3) is 0 Å². The molecule has 2 aromatic heterocycles. The van der Waals surface area contributed by atoms with E-state index in [4.69, 9.17) is 10.5 Å². The number of H-pyrrole nitrogens is 2. The van der Waals surface area contributed by atoms with E-state index in [1.54, 1.807) is 24.3 Å². The molecule has 0 saturated carbocycles. The fourth-order valence-corrected chi connectivity index (χ4v) is 4.41. The van der Waals surface area contributed by atoms with Crippen LogP contribution in [0.2, 0.25) is 0 Å². The van der Waals surface area contributed by atoms with Crippen LogP contribution in [0.15, 0.2) is 59.8 Å². The van der Waals surface area contributed by atoms with Crippen LogP contribution < -0.4 is 20.7 Å². The van der Waals surface area contributed by atoms with Gasteiger partial charge in [-0.15, -0.1) is 0 Å². The fourth-order valence-electron chi connectivity index (χ4n) is 3.65. The molecule has 38 heavy (non-hydrogen) atoms. The number of rotatable bonds is 11. The Bertz CT molecular complexity index is 1470. The second-order valence-corrected chi connectivity index (χ2v) is 9.52. The topological polar surface area (TPSA) is 183 Å². The minimum absolute atomic E-state index is 0.0767. The van der Waals surface area contributed by atoms with Gasteiger partial charge in [-0.25, -0.2) is 14.2 Å². The van der Waals surface area contributed by atoms with Gasteiger partial charge in [0.05, 0.1) is 17.2 Å². The molecule has 4 aromatic rings. The summed E-state index contributed by atoms with van der Waals surface area (Å²) < 4.78 is 20.5. The largest absolute Gasteiger partial charge is 0.494 e. The number of carboxylic acids is 1. The number of ether oxygens (including phenoxy) is 1. The summed E-state index contributed by atoms with van der Waals surface area (Å²) in [7, 11) is 0. The van der Waals surface area contributed by atoms with Gasteiger partial charge >= 0.3 is 10.8 Å². The number of nitrogens with zero attached hydrogens (tertiary/aromatic N) is 1. The summed E-state index contributed by atoms with van der Waals surface area (Å²) >= 11 is 0.926. The summed E-state index contributed by atoms with van der Waals surface area (Å²) in [5.74, 6) is -2.24. The minimum Gasteiger partial charge on any atom is -0.494 e. The van der Waals surface area contributed by atoms with E-state index in [1.165, 1.54) is 24.7 Å². The smallest absolute Gasteiger partial charge is 0.326 e. The van der Waals surface area contributed by atoms with Gasteiger partial charge in [0, 0.05) is 37.2 Å². The summed E-state index contributed by atoms with van der Waals surface area (Å²) in [6, 6.07) is 8.44. The van der Waals surface area contributed by atoms with Gasteiger partial charge in [-0.1, -0.05) is 29.5 Å². The third-order valence-corrected chi connectivity index (χ3v) is 6.49. The molecule has 0 aliphatic carbocycles. The molecule has 0 radical (unpaired) electrons. The Hall–Kier alpha value is -4.49. The highest BCUT2D eigenvalue weighted by Crippen LogP contribution is 2.26. The standard InChI is InChI=1S/C25H24FN5O6S/c26-18-10-17(37-16-4-1-13(2-5-16)7-21-23(33)31-25(36)38-21)6-3-14(18)8-20(24(34)35)30-22(32)19(27)9-15-11-28-12-29-15/h1-6,10-12,19-20,33H,7-9,27H2,(H,28,29)(H,30,32)(H,31,36)(H,34,35). The SMILES string of the molecule is NC(Cc1cnc[nH]1)C(=O)NC(Cc1ccc(Oc2ccc(Cc3sc(=O)[nH]c3O)cc2)cc1F)C(=O)O. The maximum atomic E-state index is 14.8. The summed E-state index contributed by atoms with van der Waals surface area (Å²) in [5, 5.41) is 21.6. The third kappa shape index (κ3) is 6.83. The molecule has 0 bridgehead atoms. The van der Waals surface area contributed by atoms with Crippen LogP contribution in [0.3, 0.4) is 0 Å². The average Bonchev–Trinajstić information content (AvgIpc) is 3.49. The Morgan fingerprint density at radius 2 is 1.89 bits per heavy atom. The van der Waals surface area contributed by atoms with Crippen molar-refractivity contribution in [2.45, 2.75) is 31.3 Å². The molecule has 0 fully saturated rings. The van der Waals surface area contributed by atoms with Gasteiger partial charge in [-0.3, -0.25) is 14.6 Å². The number of imidazole rings is 1. The number of carboxylic acid groups (broad SMARTS) is 1. The first-order valence-corrected chi connectivity index (χ1v) is 12.2. The molecule has 2 aromatic carbocycles. The lowest BCUT2D eigenvalue weighted by Gasteiger charge is -2.18. The Kier molecular flexibility index (Phi) is 8.19. The number of benzene rings is 2. The second kappa shape index (κ2) is 11.7. The predicted molar refractivity (Wildman–Crippen MR) is 136 cm³/mol. The summed E-state index contributed by atoms with van der Waals surface area (Å²) in [4.78, 5) is 44.6. The lowest BCUT2D eigenvalue weighted by Crippen LogP contribution is -2.50. The summed E-state index contributed by atoms with van der Waals surface area (Å²) in [6.45, 7) is 0. The van der Waals surface area contributed by atoms with Crippen molar-refractivity contribution in [3.63, 3.8) is 0 Å². The van der Waals surface area contributed by atoms with Crippen molar-refractivity contribution in [2.24, 2.45) is 5.73 Å². The maximum Gasteiger partial charge on any atom is 0.326 e. The Morgan fingerprint density at radius 3 is 2.50 bits per heavy atom. The van der Waals surface area contributed by atoms with Crippen molar-refractivity contribution in [2.75, 3.05) is 0 Å². The molecule has 2 atom stereocenters. The number of carbonyl (C=O) groups excluding carboxylic acids is 1. The molecule has 7 N–H and O–H groups in total. The Balaban J connectivity index is 1.36. The van der Waals surface area contributed by atoms with Crippen molar-refractivity contribution >= 4 is 23.2 Å². The van der Waals surface area contributed by atoms with E-state index < -0.39 is 29.8 Å². The Labute approximate surface area is 219 Å². The van der Waals surface area contributed by atoms with Crippen molar-refractivity contribution in [3.8, 4) is 17.4 Å². The predicted octanol–water partition coefficient (Wildman–Crippen LogP) is 2.07. The molecule has 2 heterocycles. The van der Waals surface area contributed by atoms with Gasteiger partial charge < -0.3 is 31.0 Å². The fraction of sp³-hybridized carbons (Fsp3) is 0.200. The normalized spacial score (nSPS) is 12.6. The van der Waals surface area contributed by atoms with E-state index >= 15 is 0 Å². The van der Waals surface area contributed by atoms with Crippen molar-refractivity contribution in [1.82, 2.24) is 20.3 Å². The van der Waals surface area contributed by atoms with Crippen LogP contribution in [0.5, 0.6) is 17.4 Å². The summed E-state index contributed by atoms with van der Waals surface area (Å²) in [6.07, 6.45) is 3.14. The monoisotopic (exact) mass is 541 g/mol. The highest BCUT2D eigenvalue weighted by Gasteiger charge is 2.25. The second-order valence-electron chi connectivity index (χ2n) is 8.45. The number of hydrogen-bond acceptors (Lipinski definition) is 8. The lowest BCUT2D eigenvalue weighted by molar-refractivity contribution is -0.142. The highest BCUT2D eigenvalue weighted by atomic mass is 32.1. The van der Waals surface area contributed by atoms with Gasteiger partial charge in [0.25, 0.3) is 0 Å². The average molecular weight is 542 g/mol. The molecular weight excluding hydrogens is 517 g/mol. The first-order chi connectivity index (χ1) is 18.2. The number of aromatic hydroxyl groups is 1. The summed E-state index contributed by atoms with van der Waals surface area (Å²) in [5.41, 5.74) is 7.39. The Morgan fingerprint density at radius 1 is 1.16 bits per heavy atom. The molecule has 11 nitrogen and oxygen atoms in total. The molecule has 4 rings (SSSR count). The molecule has 0 spiro atoms. The zero-order valence-corrected chi connectivity index (χ0v) is 20.6. The zero-order chi connectivity index (χ0) is 27.2. The van der Waals surface area contributed by atoms with Crippen LogP contribution in [0.4, 0.5) is 4.39 Å². The molecule has 0 aliphatic rings. The van der Waals surface area contributed by atoms with Crippen LogP contribution in [0, 0.1) is 5.82 Å². The highest BCUT2D eigenvalue weighted by molar-refractivity contribution is 7.09. The van der Waals surface area contributed by atoms with Crippen LogP contribution in [-0.4, -0.2) is 49.1 Å². The molecule has 1 amide bonds. The van der Waals surface area contributed by atoms with Crippen LogP contribution in [0.1, 0.15) is 21.7 Å². The van der Waals surface area contributed by atoms with Crippen molar-refractivity contribution < 1.29 is 28.9 Å². The van der Waals surface area contributed by atoms with Gasteiger partial charge in [0.15, 0.2) is 0 Å². The number of aliphatic carboxylic acids is 1. The first kappa shape index (κ1) is 26.6. The van der Waals surface area contributed by atoms with E-state index in [2.05, 4.69) is 20.3 Å². The first-order valence-electron chi connectivity index (χ1n) is 11.4. The maximum absolute atomic E-state index is 14.8. The molecular formula is C25H24FN5O6S. The van der Waals surface area contributed by atoms with E-state index in [-0.39, 0.29) is 34.9 Å². The van der Waals surface area contributed by atoms with Crippen molar-refractivity contribution in [1.29, 1.82) is 0 Å². The van der Waals surface area contributed by atoms with Gasteiger partial charge in [-0.2, -0.15) is 0 Å². The van der Waals surface area contributed by atoms with Crippen molar-refractivity contribution in [3.05, 3.63) is 92.2 Å². The number of carbonyl (C=O) groups is 2. The number of amides is 1. The van der Waals surface area contributed by atoms with Gasteiger partial charge in [-0.05, 0) is 29.3 Å².